The molecule has 0 aliphatic heterocycles. The SMILES string of the molecule is CC(C)(C)CC(C)(C)NC(=O)COC(=O)c1cccs1. The van der Waals surface area contributed by atoms with Crippen molar-refractivity contribution in [2.45, 2.75) is 46.6 Å². The first-order valence-electron chi connectivity index (χ1n) is 6.61. The molecule has 1 aromatic rings. The molecule has 0 bridgehead atoms. The molecule has 1 aromatic heterocycles. The van der Waals surface area contributed by atoms with Gasteiger partial charge in [0, 0.05) is 5.54 Å². The zero-order valence-corrected chi connectivity index (χ0v) is 13.6. The summed E-state index contributed by atoms with van der Waals surface area (Å²) in [5.74, 6) is -0.729. The molecule has 5 heteroatoms. The van der Waals surface area contributed by atoms with Crippen molar-refractivity contribution in [1.82, 2.24) is 5.32 Å². The Bertz CT molecular complexity index is 458. The van der Waals surface area contributed by atoms with Gasteiger partial charge in [-0.3, -0.25) is 4.79 Å². The van der Waals surface area contributed by atoms with Crippen molar-refractivity contribution in [3.8, 4) is 0 Å². The van der Waals surface area contributed by atoms with Crippen LogP contribution in [0, 0.1) is 5.41 Å². The van der Waals surface area contributed by atoms with E-state index in [2.05, 4.69) is 26.1 Å². The standard InChI is InChI=1S/C15H23NO3S/c1-14(2,3)10-15(4,5)16-12(17)9-19-13(18)11-7-6-8-20-11/h6-8H,9-10H2,1-5H3,(H,16,17). The molecule has 0 fully saturated rings. The van der Waals surface area contributed by atoms with Crippen LogP contribution in [0.1, 0.15) is 50.7 Å². The molecule has 0 aromatic carbocycles. The monoisotopic (exact) mass is 297 g/mol. The Kier molecular flexibility index (Phi) is 5.34. The molecule has 0 radical (unpaired) electrons. The maximum atomic E-state index is 11.8. The molecule has 1 N–H and O–H groups in total. The molecular weight excluding hydrogens is 274 g/mol. The van der Waals surface area contributed by atoms with Gasteiger partial charge in [0.25, 0.3) is 5.91 Å². The third-order valence-corrected chi connectivity index (χ3v) is 3.36. The lowest BCUT2D eigenvalue weighted by molar-refractivity contribution is -0.126. The Morgan fingerprint density at radius 2 is 1.90 bits per heavy atom. The fourth-order valence-corrected chi connectivity index (χ4v) is 3.00. The molecule has 0 spiro atoms. The first-order valence-corrected chi connectivity index (χ1v) is 7.49. The second-order valence-electron chi connectivity index (χ2n) is 6.72. The van der Waals surface area contributed by atoms with Crippen molar-refractivity contribution >= 4 is 23.2 Å². The van der Waals surface area contributed by atoms with Crippen molar-refractivity contribution in [3.05, 3.63) is 22.4 Å². The smallest absolute Gasteiger partial charge is 0.348 e. The average molecular weight is 297 g/mol. The summed E-state index contributed by atoms with van der Waals surface area (Å²) in [6, 6.07) is 3.45. The molecule has 20 heavy (non-hydrogen) atoms. The van der Waals surface area contributed by atoms with Crippen molar-refractivity contribution < 1.29 is 14.3 Å². The molecule has 1 amide bonds. The van der Waals surface area contributed by atoms with E-state index in [1.165, 1.54) is 11.3 Å². The molecule has 112 valence electrons. The number of thiophene rings is 1. The van der Waals surface area contributed by atoms with Crippen LogP contribution in [-0.4, -0.2) is 24.0 Å². The zero-order valence-electron chi connectivity index (χ0n) is 12.8. The van der Waals surface area contributed by atoms with Gasteiger partial charge in [0.2, 0.25) is 0 Å². The van der Waals surface area contributed by atoms with Gasteiger partial charge in [-0.1, -0.05) is 26.8 Å². The van der Waals surface area contributed by atoms with Gasteiger partial charge in [-0.05, 0) is 37.1 Å². The van der Waals surface area contributed by atoms with Gasteiger partial charge in [0.1, 0.15) is 4.88 Å². The molecule has 0 unspecified atom stereocenters. The Balaban J connectivity index is 2.42. The predicted molar refractivity (Wildman–Crippen MR) is 80.9 cm³/mol. The molecule has 0 atom stereocenters. The number of carbonyl (C=O) groups excluding carboxylic acids is 2. The first kappa shape index (κ1) is 16.7. The van der Waals surface area contributed by atoms with Gasteiger partial charge in [0.15, 0.2) is 6.61 Å². The van der Waals surface area contributed by atoms with E-state index in [0.29, 0.717) is 4.88 Å². The van der Waals surface area contributed by atoms with E-state index in [1.807, 2.05) is 13.8 Å². The van der Waals surface area contributed by atoms with Crippen LogP contribution < -0.4 is 5.32 Å². The first-order chi connectivity index (χ1) is 9.09. The second-order valence-corrected chi connectivity index (χ2v) is 7.67. The number of hydrogen-bond donors (Lipinski definition) is 1. The van der Waals surface area contributed by atoms with Crippen molar-refractivity contribution in [1.29, 1.82) is 0 Å². The minimum Gasteiger partial charge on any atom is -0.451 e. The quantitative estimate of drug-likeness (QED) is 0.849. The van der Waals surface area contributed by atoms with E-state index in [4.69, 9.17) is 4.74 Å². The Hall–Kier alpha value is -1.36. The molecule has 1 heterocycles. The lowest BCUT2D eigenvalue weighted by atomic mass is 9.82. The predicted octanol–water partition coefficient (Wildman–Crippen LogP) is 3.24. The van der Waals surface area contributed by atoms with E-state index in [-0.39, 0.29) is 23.5 Å². The van der Waals surface area contributed by atoms with Crippen LogP contribution in [0.5, 0.6) is 0 Å². The van der Waals surface area contributed by atoms with Crippen LogP contribution in [0.3, 0.4) is 0 Å². The van der Waals surface area contributed by atoms with Crippen LogP contribution >= 0.6 is 11.3 Å². The van der Waals surface area contributed by atoms with E-state index in [9.17, 15) is 9.59 Å². The molecule has 4 nitrogen and oxygen atoms in total. The fraction of sp³-hybridized carbons (Fsp3) is 0.600. The highest BCUT2D eigenvalue weighted by Gasteiger charge is 2.27. The van der Waals surface area contributed by atoms with Crippen LogP contribution in [0.15, 0.2) is 17.5 Å². The average Bonchev–Trinajstić information content (AvgIpc) is 2.74. The number of nitrogens with one attached hydrogen (secondary N) is 1. The van der Waals surface area contributed by atoms with Gasteiger partial charge in [-0.15, -0.1) is 11.3 Å². The maximum absolute atomic E-state index is 11.8. The number of amides is 1. The molecule has 0 aliphatic carbocycles. The number of ether oxygens (including phenoxy) is 1. The summed E-state index contributed by atoms with van der Waals surface area (Å²) < 4.78 is 4.98. The van der Waals surface area contributed by atoms with Crippen LogP contribution in [-0.2, 0) is 9.53 Å². The number of carbonyl (C=O) groups is 2. The number of rotatable bonds is 5. The summed E-state index contributed by atoms with van der Waals surface area (Å²) in [5.41, 5.74) is -0.213. The van der Waals surface area contributed by atoms with Crippen molar-refractivity contribution in [2.24, 2.45) is 5.41 Å². The van der Waals surface area contributed by atoms with Crippen molar-refractivity contribution in [3.63, 3.8) is 0 Å². The highest BCUT2D eigenvalue weighted by atomic mass is 32.1. The molecule has 0 aliphatic rings. The molecule has 0 saturated heterocycles. The highest BCUT2D eigenvalue weighted by molar-refractivity contribution is 7.11. The van der Waals surface area contributed by atoms with E-state index < -0.39 is 5.97 Å². The summed E-state index contributed by atoms with van der Waals surface area (Å²) in [6.45, 7) is 10.1. The van der Waals surface area contributed by atoms with Crippen molar-refractivity contribution in [2.75, 3.05) is 6.61 Å². The summed E-state index contributed by atoms with van der Waals surface area (Å²) in [6.07, 6.45) is 0.838. The third-order valence-electron chi connectivity index (χ3n) is 2.51. The van der Waals surface area contributed by atoms with Gasteiger partial charge < -0.3 is 10.1 Å². The normalized spacial score (nSPS) is 12.1. The van der Waals surface area contributed by atoms with E-state index in [1.54, 1.807) is 17.5 Å². The minimum absolute atomic E-state index is 0.116. The zero-order chi connectivity index (χ0) is 15.4. The topological polar surface area (TPSA) is 55.4 Å². The van der Waals surface area contributed by atoms with Gasteiger partial charge in [-0.25, -0.2) is 4.79 Å². The summed E-state index contributed by atoms with van der Waals surface area (Å²) in [7, 11) is 0. The third kappa shape index (κ3) is 6.19. The molecular formula is C15H23NO3S. The van der Waals surface area contributed by atoms with Crippen LogP contribution in [0.2, 0.25) is 0 Å². The van der Waals surface area contributed by atoms with Gasteiger partial charge in [-0.2, -0.15) is 0 Å². The van der Waals surface area contributed by atoms with Crippen LogP contribution in [0.25, 0.3) is 0 Å². The largest absolute Gasteiger partial charge is 0.451 e. The maximum Gasteiger partial charge on any atom is 0.348 e. The number of hydrogen-bond acceptors (Lipinski definition) is 4. The summed E-state index contributed by atoms with van der Waals surface area (Å²) in [5, 5.41) is 4.70. The highest BCUT2D eigenvalue weighted by Crippen LogP contribution is 2.26. The number of esters is 1. The van der Waals surface area contributed by atoms with Gasteiger partial charge in [0.05, 0.1) is 0 Å². The summed E-state index contributed by atoms with van der Waals surface area (Å²) in [4.78, 5) is 24.0. The molecule has 0 saturated carbocycles. The van der Waals surface area contributed by atoms with Crippen LogP contribution in [0.4, 0.5) is 0 Å². The van der Waals surface area contributed by atoms with E-state index >= 15 is 0 Å². The molecule has 1 rings (SSSR count). The van der Waals surface area contributed by atoms with E-state index in [0.717, 1.165) is 6.42 Å². The Morgan fingerprint density at radius 1 is 1.25 bits per heavy atom. The lowest BCUT2D eigenvalue weighted by Crippen LogP contribution is -2.47. The minimum atomic E-state index is -0.455. The lowest BCUT2D eigenvalue weighted by Gasteiger charge is -2.33. The fourth-order valence-electron chi connectivity index (χ4n) is 2.38. The Labute approximate surface area is 124 Å². The second kappa shape index (κ2) is 6.39. The van der Waals surface area contributed by atoms with Gasteiger partial charge >= 0.3 is 5.97 Å². The Morgan fingerprint density at radius 3 is 2.40 bits per heavy atom. The summed E-state index contributed by atoms with van der Waals surface area (Å²) >= 11 is 1.30.